The molecule has 0 spiro atoms. The average molecular weight is 265 g/mol. The molecule has 100 valence electrons. The van der Waals surface area contributed by atoms with E-state index in [0.717, 1.165) is 24.5 Å². The van der Waals surface area contributed by atoms with Crippen molar-refractivity contribution in [2.45, 2.75) is 0 Å². The van der Waals surface area contributed by atoms with Gasteiger partial charge in [-0.3, -0.25) is 0 Å². The van der Waals surface area contributed by atoms with Gasteiger partial charge in [-0.1, -0.05) is 12.1 Å². The van der Waals surface area contributed by atoms with Crippen molar-refractivity contribution >= 4 is 22.9 Å². The van der Waals surface area contributed by atoms with E-state index in [1.807, 2.05) is 18.2 Å². The largest absolute Gasteiger partial charge is 0.397 e. The number of pyridine rings is 1. The topological polar surface area (TPSA) is 69.2 Å². The fraction of sp³-hybridized carbons (Fsp3) is 0.200. The molecule has 0 unspecified atom stereocenters. The van der Waals surface area contributed by atoms with Crippen LogP contribution in [0.3, 0.4) is 0 Å². The summed E-state index contributed by atoms with van der Waals surface area (Å²) in [6.07, 6.45) is 1.59. The van der Waals surface area contributed by atoms with Crippen LogP contribution in [0.25, 0.3) is 0 Å². The lowest BCUT2D eigenvalue weighted by atomic mass is 10.1. The smallest absolute Gasteiger partial charge is 0.151 e. The van der Waals surface area contributed by atoms with Gasteiger partial charge in [0, 0.05) is 20.1 Å². The molecule has 0 bridgehead atoms. The first-order chi connectivity index (χ1) is 9.70. The molecule has 2 aromatic rings. The van der Waals surface area contributed by atoms with Gasteiger partial charge < -0.3 is 15.5 Å². The lowest BCUT2D eigenvalue weighted by molar-refractivity contribution is 0.812. The summed E-state index contributed by atoms with van der Waals surface area (Å²) in [5.41, 5.74) is 8.92. The Morgan fingerprint density at radius 3 is 2.75 bits per heavy atom. The summed E-state index contributed by atoms with van der Waals surface area (Å²) >= 11 is 0. The molecule has 0 saturated carbocycles. The highest BCUT2D eigenvalue weighted by molar-refractivity contribution is 5.80. The first-order valence-corrected chi connectivity index (χ1v) is 6.44. The zero-order valence-corrected chi connectivity index (χ0v) is 11.2. The second-order valence-corrected chi connectivity index (χ2v) is 4.81. The molecule has 0 radical (unpaired) electrons. The number of nitriles is 1. The number of nitrogens with two attached hydrogens (primary N) is 1. The normalized spacial score (nSPS) is 13.8. The van der Waals surface area contributed by atoms with Gasteiger partial charge in [-0.05, 0) is 18.2 Å². The monoisotopic (exact) mass is 265 g/mol. The Labute approximate surface area is 117 Å². The van der Waals surface area contributed by atoms with E-state index in [0.29, 0.717) is 17.1 Å². The molecule has 0 fully saturated rings. The molecule has 1 aromatic heterocycles. The molecule has 20 heavy (non-hydrogen) atoms. The maximum atomic E-state index is 9.29. The zero-order valence-electron chi connectivity index (χ0n) is 11.2. The third-order valence-electron chi connectivity index (χ3n) is 3.51. The van der Waals surface area contributed by atoms with Gasteiger partial charge >= 0.3 is 0 Å². The first kappa shape index (κ1) is 12.3. The van der Waals surface area contributed by atoms with Crippen LogP contribution in [0.15, 0.2) is 36.5 Å². The van der Waals surface area contributed by atoms with Gasteiger partial charge in [-0.2, -0.15) is 5.26 Å². The van der Waals surface area contributed by atoms with Gasteiger partial charge in [0.2, 0.25) is 0 Å². The highest BCUT2D eigenvalue weighted by Crippen LogP contribution is 2.37. The van der Waals surface area contributed by atoms with E-state index in [2.05, 4.69) is 34.0 Å². The van der Waals surface area contributed by atoms with Gasteiger partial charge in [-0.25, -0.2) is 4.98 Å². The van der Waals surface area contributed by atoms with E-state index in [1.54, 1.807) is 12.3 Å². The molecule has 1 aromatic carbocycles. The number of fused-ring (bicyclic) bond motifs is 1. The highest BCUT2D eigenvalue weighted by atomic mass is 15.3. The van der Waals surface area contributed by atoms with Gasteiger partial charge in [0.05, 0.1) is 28.8 Å². The maximum Gasteiger partial charge on any atom is 0.151 e. The second-order valence-electron chi connectivity index (χ2n) is 4.81. The lowest BCUT2D eigenvalue weighted by Gasteiger charge is -2.36. The van der Waals surface area contributed by atoms with Gasteiger partial charge in [-0.15, -0.1) is 0 Å². The molecule has 5 heteroatoms. The molecule has 5 nitrogen and oxygen atoms in total. The van der Waals surface area contributed by atoms with Gasteiger partial charge in [0.15, 0.2) is 5.82 Å². The molecule has 1 aliphatic heterocycles. The molecule has 2 heterocycles. The number of rotatable bonds is 1. The van der Waals surface area contributed by atoms with Crippen molar-refractivity contribution in [2.75, 3.05) is 35.7 Å². The van der Waals surface area contributed by atoms with E-state index >= 15 is 0 Å². The minimum Gasteiger partial charge on any atom is -0.397 e. The Kier molecular flexibility index (Phi) is 2.92. The summed E-state index contributed by atoms with van der Waals surface area (Å²) in [5.74, 6) is 0.669. The Balaban J connectivity index is 2.13. The number of anilines is 4. The van der Waals surface area contributed by atoms with E-state index in [9.17, 15) is 5.26 Å². The summed E-state index contributed by atoms with van der Waals surface area (Å²) in [6.45, 7) is 1.67. The van der Waals surface area contributed by atoms with Crippen LogP contribution in [0, 0.1) is 11.3 Å². The number of likely N-dealkylation sites (N-methyl/N-ethyl adjacent to an activating group) is 1. The molecule has 0 atom stereocenters. The van der Waals surface area contributed by atoms with Crippen LogP contribution in [-0.4, -0.2) is 25.1 Å². The summed E-state index contributed by atoms with van der Waals surface area (Å²) in [4.78, 5) is 8.64. The standard InChI is InChI=1S/C15H15N5/c1-19-6-7-20(14-5-3-2-4-13(14)19)15-11(9-16)8-12(17)10-18-15/h2-5,8,10H,6-7,17H2,1H3. The molecule has 3 rings (SSSR count). The number of aromatic nitrogens is 1. The summed E-state index contributed by atoms with van der Waals surface area (Å²) in [5, 5.41) is 9.29. The summed E-state index contributed by atoms with van der Waals surface area (Å²) in [6, 6.07) is 12.0. The molecule has 0 aliphatic carbocycles. The maximum absolute atomic E-state index is 9.29. The van der Waals surface area contributed by atoms with Crippen molar-refractivity contribution in [3.05, 3.63) is 42.1 Å². The molecule has 0 amide bonds. The van der Waals surface area contributed by atoms with Crippen molar-refractivity contribution in [3.8, 4) is 6.07 Å². The van der Waals surface area contributed by atoms with Gasteiger partial charge in [0.25, 0.3) is 0 Å². The number of para-hydroxylation sites is 2. The fourth-order valence-corrected chi connectivity index (χ4v) is 2.50. The second kappa shape index (κ2) is 4.74. The number of benzene rings is 1. The molecular weight excluding hydrogens is 250 g/mol. The van der Waals surface area contributed by atoms with Gasteiger partial charge in [0.1, 0.15) is 6.07 Å². The van der Waals surface area contributed by atoms with Crippen LogP contribution in [0.1, 0.15) is 5.56 Å². The molecule has 2 N–H and O–H groups in total. The first-order valence-electron chi connectivity index (χ1n) is 6.44. The molecule has 0 saturated heterocycles. The predicted molar refractivity (Wildman–Crippen MR) is 80.1 cm³/mol. The van der Waals surface area contributed by atoms with Crippen LogP contribution in [0.4, 0.5) is 22.9 Å². The van der Waals surface area contributed by atoms with Crippen molar-refractivity contribution < 1.29 is 0 Å². The third kappa shape index (κ3) is 1.91. The van der Waals surface area contributed by atoms with E-state index in [1.165, 1.54) is 0 Å². The van der Waals surface area contributed by atoms with Crippen LogP contribution < -0.4 is 15.5 Å². The van der Waals surface area contributed by atoms with E-state index < -0.39 is 0 Å². The van der Waals surface area contributed by atoms with Crippen molar-refractivity contribution in [3.63, 3.8) is 0 Å². The predicted octanol–water partition coefficient (Wildman–Crippen LogP) is 2.12. The number of hydrogen-bond acceptors (Lipinski definition) is 5. The van der Waals surface area contributed by atoms with Crippen LogP contribution in [0.5, 0.6) is 0 Å². The van der Waals surface area contributed by atoms with Crippen molar-refractivity contribution in [1.82, 2.24) is 4.98 Å². The minimum atomic E-state index is 0.504. The van der Waals surface area contributed by atoms with Crippen LogP contribution in [0.2, 0.25) is 0 Å². The Morgan fingerprint density at radius 1 is 1.25 bits per heavy atom. The van der Waals surface area contributed by atoms with Crippen molar-refractivity contribution in [2.24, 2.45) is 0 Å². The number of nitrogens with zero attached hydrogens (tertiary/aromatic N) is 4. The lowest BCUT2D eigenvalue weighted by Crippen LogP contribution is -2.37. The molecule has 1 aliphatic rings. The average Bonchev–Trinajstić information content (AvgIpc) is 2.48. The Bertz CT molecular complexity index is 689. The Morgan fingerprint density at radius 2 is 2.00 bits per heavy atom. The zero-order chi connectivity index (χ0) is 14.1. The number of hydrogen-bond donors (Lipinski definition) is 1. The van der Waals surface area contributed by atoms with Crippen molar-refractivity contribution in [1.29, 1.82) is 5.26 Å². The van der Waals surface area contributed by atoms with Crippen LogP contribution in [-0.2, 0) is 0 Å². The summed E-state index contributed by atoms with van der Waals surface area (Å²) < 4.78 is 0. The third-order valence-corrected chi connectivity index (χ3v) is 3.51. The SMILES string of the molecule is CN1CCN(c2ncc(N)cc2C#N)c2ccccc21. The Hall–Kier alpha value is -2.74. The number of nitrogen functional groups attached to an aromatic ring is 1. The van der Waals surface area contributed by atoms with E-state index in [4.69, 9.17) is 5.73 Å². The van der Waals surface area contributed by atoms with E-state index in [-0.39, 0.29) is 0 Å². The van der Waals surface area contributed by atoms with Crippen LogP contribution >= 0.6 is 0 Å². The highest BCUT2D eigenvalue weighted by Gasteiger charge is 2.23. The fourth-order valence-electron chi connectivity index (χ4n) is 2.50. The molecular formula is C15H15N5. The summed E-state index contributed by atoms with van der Waals surface area (Å²) in [7, 11) is 2.07. The quantitative estimate of drug-likeness (QED) is 0.855. The minimum absolute atomic E-state index is 0.504.